The topological polar surface area (TPSA) is 57.6 Å². The standard InChI is InChI=1S/C24H25FN4O2/c1-2-27(24(31)26-20-11-6-10-19(25)16-20)17-22(30)29-15-14-28-13-7-12-21(28)23(29)18-8-4-3-5-9-18/h3-13,16,23H,2,14-15,17H2,1H3,(H,26,31). The minimum Gasteiger partial charge on any atom is -0.348 e. The van der Waals surface area contributed by atoms with Gasteiger partial charge in [0.05, 0.1) is 6.04 Å². The molecule has 1 aromatic heterocycles. The zero-order chi connectivity index (χ0) is 21.8. The van der Waals surface area contributed by atoms with E-state index in [0.29, 0.717) is 25.3 Å². The van der Waals surface area contributed by atoms with Gasteiger partial charge in [0, 0.05) is 37.2 Å². The predicted octanol–water partition coefficient (Wildman–Crippen LogP) is 4.11. The number of nitrogens with zero attached hydrogens (tertiary/aromatic N) is 3. The van der Waals surface area contributed by atoms with Gasteiger partial charge in [0.15, 0.2) is 0 Å². The van der Waals surface area contributed by atoms with Crippen LogP contribution in [-0.2, 0) is 11.3 Å². The number of rotatable bonds is 5. The fourth-order valence-corrected chi connectivity index (χ4v) is 3.99. The minimum atomic E-state index is -0.432. The van der Waals surface area contributed by atoms with Crippen molar-refractivity contribution in [3.05, 3.63) is 90.0 Å². The van der Waals surface area contributed by atoms with Crippen LogP contribution < -0.4 is 5.32 Å². The van der Waals surface area contributed by atoms with E-state index in [0.717, 1.165) is 11.3 Å². The summed E-state index contributed by atoms with van der Waals surface area (Å²) in [7, 11) is 0. The maximum atomic E-state index is 13.4. The van der Waals surface area contributed by atoms with Crippen LogP contribution in [0.3, 0.4) is 0 Å². The molecule has 2 heterocycles. The van der Waals surface area contributed by atoms with Crippen LogP contribution in [0.5, 0.6) is 0 Å². The van der Waals surface area contributed by atoms with Gasteiger partial charge in [0.2, 0.25) is 5.91 Å². The summed E-state index contributed by atoms with van der Waals surface area (Å²) in [5.41, 5.74) is 2.44. The number of fused-ring (bicyclic) bond motifs is 1. The van der Waals surface area contributed by atoms with Crippen molar-refractivity contribution in [2.45, 2.75) is 19.5 Å². The second-order valence-corrected chi connectivity index (χ2v) is 7.48. The molecule has 3 aromatic rings. The van der Waals surface area contributed by atoms with Crippen LogP contribution in [0.1, 0.15) is 24.2 Å². The van der Waals surface area contributed by atoms with E-state index in [1.165, 1.54) is 23.1 Å². The molecule has 4 rings (SSSR count). The number of carbonyl (C=O) groups is 2. The van der Waals surface area contributed by atoms with E-state index in [-0.39, 0.29) is 18.5 Å². The van der Waals surface area contributed by atoms with Crippen molar-refractivity contribution in [3.63, 3.8) is 0 Å². The van der Waals surface area contributed by atoms with E-state index in [4.69, 9.17) is 0 Å². The van der Waals surface area contributed by atoms with E-state index in [1.54, 1.807) is 6.07 Å². The van der Waals surface area contributed by atoms with Gasteiger partial charge < -0.3 is 19.7 Å². The molecule has 0 aliphatic carbocycles. The smallest absolute Gasteiger partial charge is 0.322 e. The lowest BCUT2D eigenvalue weighted by molar-refractivity contribution is -0.134. The van der Waals surface area contributed by atoms with E-state index >= 15 is 0 Å². The molecule has 3 amide bonds. The molecule has 0 fully saturated rings. The molecular weight excluding hydrogens is 395 g/mol. The van der Waals surface area contributed by atoms with Gasteiger partial charge in [0.25, 0.3) is 0 Å². The average Bonchev–Trinajstić information content (AvgIpc) is 3.26. The summed E-state index contributed by atoms with van der Waals surface area (Å²) in [4.78, 5) is 29.3. The number of hydrogen-bond donors (Lipinski definition) is 1. The number of amides is 3. The Hall–Kier alpha value is -3.61. The summed E-state index contributed by atoms with van der Waals surface area (Å²) in [5.74, 6) is -0.559. The summed E-state index contributed by atoms with van der Waals surface area (Å²) in [6.45, 7) is 3.38. The highest BCUT2D eigenvalue weighted by Crippen LogP contribution is 2.32. The van der Waals surface area contributed by atoms with Crippen molar-refractivity contribution in [1.29, 1.82) is 0 Å². The number of benzene rings is 2. The van der Waals surface area contributed by atoms with E-state index in [2.05, 4.69) is 9.88 Å². The Balaban J connectivity index is 1.52. The number of aromatic nitrogens is 1. The van der Waals surface area contributed by atoms with Crippen LogP contribution in [0.2, 0.25) is 0 Å². The quantitative estimate of drug-likeness (QED) is 0.675. The van der Waals surface area contributed by atoms with E-state index in [9.17, 15) is 14.0 Å². The van der Waals surface area contributed by atoms with Gasteiger partial charge in [-0.2, -0.15) is 0 Å². The number of urea groups is 1. The van der Waals surface area contributed by atoms with E-state index < -0.39 is 11.8 Å². The lowest BCUT2D eigenvalue weighted by Gasteiger charge is -2.38. The van der Waals surface area contributed by atoms with Gasteiger partial charge >= 0.3 is 6.03 Å². The molecule has 0 radical (unpaired) electrons. The van der Waals surface area contributed by atoms with Crippen LogP contribution in [0, 0.1) is 5.82 Å². The molecule has 1 unspecified atom stereocenters. The van der Waals surface area contributed by atoms with Crippen molar-refractivity contribution in [2.75, 3.05) is 25.0 Å². The number of nitrogens with one attached hydrogen (secondary N) is 1. The number of anilines is 1. The molecule has 1 aliphatic rings. The molecule has 6 nitrogen and oxygen atoms in total. The first-order chi connectivity index (χ1) is 15.1. The summed E-state index contributed by atoms with van der Waals surface area (Å²) in [6, 6.07) is 19.0. The highest BCUT2D eigenvalue weighted by molar-refractivity contribution is 5.92. The van der Waals surface area contributed by atoms with Crippen molar-refractivity contribution >= 4 is 17.6 Å². The number of carbonyl (C=O) groups excluding carboxylic acids is 2. The Kier molecular flexibility index (Phi) is 6.02. The number of halogens is 1. The normalized spacial score (nSPS) is 15.3. The molecule has 0 saturated carbocycles. The molecule has 1 atom stereocenters. The molecular formula is C24H25FN4O2. The largest absolute Gasteiger partial charge is 0.348 e. The Bertz CT molecular complexity index is 1070. The fraction of sp³-hybridized carbons (Fsp3) is 0.250. The van der Waals surface area contributed by atoms with Crippen LogP contribution >= 0.6 is 0 Å². The third-order valence-corrected chi connectivity index (χ3v) is 5.54. The highest BCUT2D eigenvalue weighted by atomic mass is 19.1. The monoisotopic (exact) mass is 420 g/mol. The summed E-state index contributed by atoms with van der Waals surface area (Å²) >= 11 is 0. The van der Waals surface area contributed by atoms with Gasteiger partial charge in [-0.15, -0.1) is 0 Å². The lowest BCUT2D eigenvalue weighted by Crippen LogP contribution is -2.48. The Morgan fingerprint density at radius 3 is 2.61 bits per heavy atom. The van der Waals surface area contributed by atoms with Gasteiger partial charge in [-0.3, -0.25) is 4.79 Å². The van der Waals surface area contributed by atoms with Gasteiger partial charge in [0.1, 0.15) is 12.4 Å². The second-order valence-electron chi connectivity index (χ2n) is 7.48. The van der Waals surface area contributed by atoms with Crippen LogP contribution in [-0.4, -0.2) is 45.9 Å². The maximum absolute atomic E-state index is 13.4. The van der Waals surface area contributed by atoms with Crippen LogP contribution in [0.25, 0.3) is 0 Å². The van der Waals surface area contributed by atoms with Crippen LogP contribution in [0.15, 0.2) is 72.9 Å². The minimum absolute atomic E-state index is 0.0539. The van der Waals surface area contributed by atoms with E-state index in [1.807, 2.05) is 60.5 Å². The molecule has 0 spiro atoms. The van der Waals surface area contributed by atoms with Crippen LogP contribution in [0.4, 0.5) is 14.9 Å². The molecule has 2 aromatic carbocycles. The van der Waals surface area contributed by atoms with Crippen molar-refractivity contribution in [3.8, 4) is 0 Å². The highest BCUT2D eigenvalue weighted by Gasteiger charge is 2.33. The van der Waals surface area contributed by atoms with Gasteiger partial charge in [-0.25, -0.2) is 9.18 Å². The summed E-state index contributed by atoms with van der Waals surface area (Å²) in [6.07, 6.45) is 2.03. The molecule has 31 heavy (non-hydrogen) atoms. The molecule has 1 aliphatic heterocycles. The van der Waals surface area contributed by atoms with Crippen molar-refractivity contribution < 1.29 is 14.0 Å². The number of hydrogen-bond acceptors (Lipinski definition) is 2. The Labute approximate surface area is 180 Å². The molecule has 160 valence electrons. The van der Waals surface area contributed by atoms with Gasteiger partial charge in [-0.05, 0) is 42.8 Å². The maximum Gasteiger partial charge on any atom is 0.322 e. The second kappa shape index (κ2) is 9.04. The van der Waals surface area contributed by atoms with Crippen molar-refractivity contribution in [2.24, 2.45) is 0 Å². The molecule has 0 saturated heterocycles. The zero-order valence-corrected chi connectivity index (χ0v) is 17.4. The Morgan fingerprint density at radius 1 is 1.06 bits per heavy atom. The molecule has 0 bridgehead atoms. The first-order valence-corrected chi connectivity index (χ1v) is 10.4. The summed E-state index contributed by atoms with van der Waals surface area (Å²) < 4.78 is 15.6. The lowest BCUT2D eigenvalue weighted by atomic mass is 10.00. The summed E-state index contributed by atoms with van der Waals surface area (Å²) in [5, 5.41) is 2.67. The van der Waals surface area contributed by atoms with Crippen molar-refractivity contribution in [1.82, 2.24) is 14.4 Å². The SMILES string of the molecule is CCN(CC(=O)N1CCn2cccc2C1c1ccccc1)C(=O)Nc1cccc(F)c1. The average molecular weight is 420 g/mol. The fourth-order valence-electron chi connectivity index (χ4n) is 3.99. The molecule has 1 N–H and O–H groups in total. The molecule has 7 heteroatoms. The third kappa shape index (κ3) is 4.45. The third-order valence-electron chi connectivity index (χ3n) is 5.54. The van der Waals surface area contributed by atoms with Gasteiger partial charge in [-0.1, -0.05) is 36.4 Å². The number of likely N-dealkylation sites (N-methyl/N-ethyl adjacent to an activating group) is 1. The predicted molar refractivity (Wildman–Crippen MR) is 117 cm³/mol. The zero-order valence-electron chi connectivity index (χ0n) is 17.4. The Morgan fingerprint density at radius 2 is 1.87 bits per heavy atom. The first kappa shape index (κ1) is 20.7. The first-order valence-electron chi connectivity index (χ1n) is 10.4.